The lowest BCUT2D eigenvalue weighted by Gasteiger charge is -2.33. The van der Waals surface area contributed by atoms with Crippen LogP contribution in [0.4, 0.5) is 0 Å². The number of terminal acetylenes is 1. The lowest BCUT2D eigenvalue weighted by Crippen LogP contribution is -2.40. The molecule has 1 aromatic heterocycles. The molecule has 0 aliphatic carbocycles. The van der Waals surface area contributed by atoms with E-state index in [9.17, 15) is 4.21 Å². The Labute approximate surface area is 141 Å². The molecule has 1 heterocycles. The maximum Gasteiger partial charge on any atom is 0.126 e. The summed E-state index contributed by atoms with van der Waals surface area (Å²) in [7, 11) is -1.27. The summed E-state index contributed by atoms with van der Waals surface area (Å²) in [5.41, 5.74) is 1.01. The average molecular weight is 329 g/mol. The van der Waals surface area contributed by atoms with E-state index in [4.69, 9.17) is 10.8 Å². The molecule has 0 unspecified atom stereocenters. The third-order valence-electron chi connectivity index (χ3n) is 3.42. The van der Waals surface area contributed by atoms with E-state index >= 15 is 0 Å². The van der Waals surface area contributed by atoms with E-state index in [1.54, 1.807) is 0 Å². The van der Waals surface area contributed by atoms with E-state index in [0.717, 1.165) is 17.1 Å². The van der Waals surface area contributed by atoms with Crippen LogP contribution in [0, 0.1) is 19.3 Å². The van der Waals surface area contributed by atoms with Crippen molar-refractivity contribution in [3.8, 4) is 12.3 Å². The molecule has 1 aromatic carbocycles. The third-order valence-corrected chi connectivity index (χ3v) is 5.23. The van der Waals surface area contributed by atoms with Gasteiger partial charge in [0.05, 0.1) is 11.3 Å². The van der Waals surface area contributed by atoms with Gasteiger partial charge in [-0.25, -0.2) is 4.21 Å². The molecule has 23 heavy (non-hydrogen) atoms. The van der Waals surface area contributed by atoms with Gasteiger partial charge in [0.1, 0.15) is 28.5 Å². The van der Waals surface area contributed by atoms with Crippen molar-refractivity contribution >= 4 is 11.0 Å². The predicted molar refractivity (Wildman–Crippen MR) is 95.2 cm³/mol. The lowest BCUT2D eigenvalue weighted by molar-refractivity contribution is 0.345. The minimum absolute atomic E-state index is 0.277. The molecule has 0 fully saturated rings. The first-order chi connectivity index (χ1) is 10.8. The largest absolute Gasteiger partial charge is 0.464 e. The van der Waals surface area contributed by atoms with Gasteiger partial charge in [-0.15, -0.1) is 6.42 Å². The first-order valence-electron chi connectivity index (χ1n) is 7.58. The van der Waals surface area contributed by atoms with Gasteiger partial charge < -0.3 is 4.42 Å². The predicted octanol–water partition coefficient (Wildman–Crippen LogP) is 4.07. The van der Waals surface area contributed by atoms with Crippen LogP contribution in [0.2, 0.25) is 0 Å². The minimum Gasteiger partial charge on any atom is -0.464 e. The summed E-state index contributed by atoms with van der Waals surface area (Å²) in [4.78, 5) is 0. The van der Waals surface area contributed by atoms with Crippen LogP contribution < -0.4 is 0 Å². The Morgan fingerprint density at radius 1 is 1.22 bits per heavy atom. The zero-order valence-electron chi connectivity index (χ0n) is 14.1. The summed E-state index contributed by atoms with van der Waals surface area (Å²) in [5.74, 6) is 4.21. The van der Waals surface area contributed by atoms with Crippen LogP contribution in [0.1, 0.15) is 43.9 Å². The Hall–Kier alpha value is -1.83. The zero-order chi connectivity index (χ0) is 17.0. The summed E-state index contributed by atoms with van der Waals surface area (Å²) < 4.78 is 20.3. The summed E-state index contributed by atoms with van der Waals surface area (Å²) in [6.45, 7) is 8.02. The first kappa shape index (κ1) is 17.5. The zero-order valence-corrected chi connectivity index (χ0v) is 14.9. The number of hydrogen-bond acceptors (Lipinski definition) is 2. The number of hydrogen-bond donors (Lipinski definition) is 0. The first-order valence-corrected chi connectivity index (χ1v) is 8.68. The molecule has 2 atom stereocenters. The highest BCUT2D eigenvalue weighted by atomic mass is 32.2. The molecule has 3 nitrogen and oxygen atoms in total. The van der Waals surface area contributed by atoms with Crippen molar-refractivity contribution < 1.29 is 8.63 Å². The number of nitrogens with zero attached hydrogens (tertiary/aromatic N) is 1. The van der Waals surface area contributed by atoms with Crippen molar-refractivity contribution in [2.24, 2.45) is 0 Å². The Balaban J connectivity index is 2.54. The molecule has 0 aliphatic rings. The molecule has 0 saturated carbocycles. The summed E-state index contributed by atoms with van der Waals surface area (Å²) in [6, 6.07) is 13.5. The standard InChI is InChI=1S/C19H23NO2S/c1-6-14-20(23(21)19(3,4)5)18(16-10-8-7-9-11-16)17-13-12-15(2)22-17/h1,7-13,18H,14H2,2-5H3/t18-,23+/m0/s1. The lowest BCUT2D eigenvalue weighted by atomic mass is 10.0. The fourth-order valence-corrected chi connectivity index (χ4v) is 3.71. The summed E-state index contributed by atoms with van der Waals surface area (Å²) >= 11 is 0. The fraction of sp³-hybridized carbons (Fsp3) is 0.368. The normalized spacial score (nSPS) is 14.4. The Bertz CT molecular complexity index is 707. The molecule has 0 radical (unpaired) electrons. The molecule has 0 aliphatic heterocycles. The van der Waals surface area contributed by atoms with E-state index in [1.165, 1.54) is 0 Å². The molecule has 0 bridgehead atoms. The molecule has 2 aromatic rings. The molecular formula is C19H23NO2S. The average Bonchev–Trinajstić information content (AvgIpc) is 2.92. The van der Waals surface area contributed by atoms with Gasteiger partial charge in [-0.3, -0.25) is 0 Å². The van der Waals surface area contributed by atoms with E-state index in [2.05, 4.69) is 5.92 Å². The second kappa shape index (κ2) is 7.16. The van der Waals surface area contributed by atoms with Crippen molar-refractivity contribution in [3.63, 3.8) is 0 Å². The van der Waals surface area contributed by atoms with Crippen LogP contribution >= 0.6 is 0 Å². The van der Waals surface area contributed by atoms with Crippen molar-refractivity contribution in [2.45, 2.75) is 38.5 Å². The fourth-order valence-electron chi connectivity index (χ4n) is 2.40. The smallest absolute Gasteiger partial charge is 0.126 e. The Morgan fingerprint density at radius 3 is 2.35 bits per heavy atom. The molecule has 0 saturated heterocycles. The topological polar surface area (TPSA) is 33.5 Å². The summed E-state index contributed by atoms with van der Waals surface area (Å²) in [5, 5.41) is 0. The van der Waals surface area contributed by atoms with Crippen LogP contribution in [-0.2, 0) is 11.0 Å². The van der Waals surface area contributed by atoms with E-state index in [0.29, 0.717) is 0 Å². The quantitative estimate of drug-likeness (QED) is 0.775. The van der Waals surface area contributed by atoms with Crippen molar-refractivity contribution in [1.82, 2.24) is 4.31 Å². The van der Waals surface area contributed by atoms with Crippen LogP contribution in [0.25, 0.3) is 0 Å². The second-order valence-electron chi connectivity index (χ2n) is 6.40. The van der Waals surface area contributed by atoms with Crippen molar-refractivity contribution in [2.75, 3.05) is 6.54 Å². The maximum absolute atomic E-state index is 13.0. The van der Waals surface area contributed by atoms with Gasteiger partial charge in [-0.1, -0.05) is 36.3 Å². The number of rotatable bonds is 5. The molecule has 0 spiro atoms. The highest BCUT2D eigenvalue weighted by molar-refractivity contribution is 7.84. The second-order valence-corrected chi connectivity index (χ2v) is 8.59. The molecule has 0 amide bonds. The Morgan fingerprint density at radius 2 is 1.87 bits per heavy atom. The molecule has 4 heteroatoms. The van der Waals surface area contributed by atoms with Gasteiger partial charge >= 0.3 is 0 Å². The van der Waals surface area contributed by atoms with Gasteiger partial charge in [0.25, 0.3) is 0 Å². The molecule has 122 valence electrons. The number of benzene rings is 1. The van der Waals surface area contributed by atoms with Gasteiger partial charge in [-0.05, 0) is 45.4 Å². The van der Waals surface area contributed by atoms with E-state index in [-0.39, 0.29) is 12.6 Å². The third kappa shape index (κ3) is 4.13. The number of aryl methyl sites for hydroxylation is 1. The highest BCUT2D eigenvalue weighted by Crippen LogP contribution is 2.33. The van der Waals surface area contributed by atoms with Crippen LogP contribution in [0.3, 0.4) is 0 Å². The van der Waals surface area contributed by atoms with Crippen molar-refractivity contribution in [3.05, 3.63) is 59.5 Å². The van der Waals surface area contributed by atoms with Crippen LogP contribution in [0.15, 0.2) is 46.9 Å². The van der Waals surface area contributed by atoms with Crippen molar-refractivity contribution in [1.29, 1.82) is 0 Å². The monoisotopic (exact) mass is 329 g/mol. The molecule has 0 N–H and O–H groups in total. The SMILES string of the molecule is C#CCN([C@@H](c1ccccc1)c1ccc(C)o1)[S@](=O)C(C)(C)C. The molecule has 2 rings (SSSR count). The van der Waals surface area contributed by atoms with Gasteiger partial charge in [0, 0.05) is 0 Å². The van der Waals surface area contributed by atoms with Gasteiger partial charge in [0.2, 0.25) is 0 Å². The van der Waals surface area contributed by atoms with Crippen LogP contribution in [0.5, 0.6) is 0 Å². The molecular weight excluding hydrogens is 306 g/mol. The van der Waals surface area contributed by atoms with Gasteiger partial charge in [-0.2, -0.15) is 4.31 Å². The van der Waals surface area contributed by atoms with E-state index in [1.807, 2.05) is 74.5 Å². The van der Waals surface area contributed by atoms with E-state index < -0.39 is 15.7 Å². The Kier molecular flexibility index (Phi) is 5.46. The summed E-state index contributed by atoms with van der Waals surface area (Å²) in [6.07, 6.45) is 5.55. The number of furan rings is 1. The minimum atomic E-state index is -1.27. The highest BCUT2D eigenvalue weighted by Gasteiger charge is 2.34. The van der Waals surface area contributed by atoms with Crippen LogP contribution in [-0.4, -0.2) is 19.8 Å². The van der Waals surface area contributed by atoms with Gasteiger partial charge in [0.15, 0.2) is 0 Å². The maximum atomic E-state index is 13.0.